The Balaban J connectivity index is 2.13. The van der Waals surface area contributed by atoms with Crippen molar-refractivity contribution in [2.45, 2.75) is 58.4 Å². The molecule has 7 heteroatoms. The van der Waals surface area contributed by atoms with Crippen molar-refractivity contribution < 1.29 is 26.9 Å². The average Bonchev–Trinajstić information content (AvgIpc) is 2.94. The first-order valence-corrected chi connectivity index (χ1v) is 7.94. The van der Waals surface area contributed by atoms with Crippen LogP contribution < -0.4 is 5.46 Å². The van der Waals surface area contributed by atoms with Crippen LogP contribution in [0.25, 0.3) is 11.0 Å². The van der Waals surface area contributed by atoms with Crippen LogP contribution in [-0.4, -0.2) is 18.3 Å². The van der Waals surface area contributed by atoms with Crippen molar-refractivity contribution >= 4 is 23.6 Å². The Labute approximate surface area is 139 Å². The first kappa shape index (κ1) is 17.4. The highest BCUT2D eigenvalue weighted by Crippen LogP contribution is 2.39. The second-order valence-electron chi connectivity index (χ2n) is 7.13. The predicted molar refractivity (Wildman–Crippen MR) is 86.3 cm³/mol. The second kappa shape index (κ2) is 5.26. The van der Waals surface area contributed by atoms with Crippen LogP contribution in [-0.2, 0) is 21.9 Å². The van der Waals surface area contributed by atoms with Gasteiger partial charge in [0, 0.05) is 11.8 Å². The molecule has 3 nitrogen and oxygen atoms in total. The van der Waals surface area contributed by atoms with Gasteiger partial charge in [-0.2, -0.15) is 13.2 Å². The number of fused-ring (bicyclic) bond motifs is 1. The van der Waals surface area contributed by atoms with Crippen molar-refractivity contribution in [2.75, 3.05) is 0 Å². The third-order valence-corrected chi connectivity index (χ3v) is 4.89. The molecule has 0 N–H and O–H groups in total. The lowest BCUT2D eigenvalue weighted by atomic mass is 9.78. The van der Waals surface area contributed by atoms with Gasteiger partial charge < -0.3 is 13.7 Å². The van der Waals surface area contributed by atoms with Gasteiger partial charge in [-0.05, 0) is 51.4 Å². The first-order chi connectivity index (χ1) is 10.9. The summed E-state index contributed by atoms with van der Waals surface area (Å²) in [6.07, 6.45) is -3.95. The zero-order valence-corrected chi connectivity index (χ0v) is 14.4. The molecular formula is C17H20BF3O3. The van der Waals surface area contributed by atoms with Gasteiger partial charge in [0.15, 0.2) is 0 Å². The molecule has 0 radical (unpaired) electrons. The molecule has 0 amide bonds. The summed E-state index contributed by atoms with van der Waals surface area (Å²) in [7, 11) is -0.865. The van der Waals surface area contributed by atoms with Gasteiger partial charge in [-0.15, -0.1) is 0 Å². The third-order valence-electron chi connectivity index (χ3n) is 4.89. The monoisotopic (exact) mass is 340 g/mol. The topological polar surface area (TPSA) is 31.6 Å². The molecule has 0 bridgehead atoms. The zero-order chi connectivity index (χ0) is 17.9. The molecule has 2 aromatic rings. The largest absolute Gasteiger partial charge is 0.494 e. The van der Waals surface area contributed by atoms with Crippen LogP contribution in [0.3, 0.4) is 0 Å². The number of benzene rings is 1. The van der Waals surface area contributed by atoms with Crippen molar-refractivity contribution in [1.29, 1.82) is 0 Å². The van der Waals surface area contributed by atoms with Crippen LogP contribution in [0, 0.1) is 0 Å². The maximum absolute atomic E-state index is 13.5. The molecule has 1 aromatic heterocycles. The van der Waals surface area contributed by atoms with Gasteiger partial charge in [0.2, 0.25) is 0 Å². The number of furan rings is 1. The Morgan fingerprint density at radius 1 is 1.00 bits per heavy atom. The number of hydrogen-bond acceptors (Lipinski definition) is 3. The molecule has 1 aliphatic heterocycles. The van der Waals surface area contributed by atoms with Crippen LogP contribution in [0.2, 0.25) is 0 Å². The number of aryl methyl sites for hydroxylation is 1. The van der Waals surface area contributed by atoms with Gasteiger partial charge in [0.25, 0.3) is 0 Å². The van der Waals surface area contributed by atoms with E-state index in [1.165, 1.54) is 6.07 Å². The normalized spacial score (nSPS) is 20.1. The minimum atomic E-state index is -4.48. The van der Waals surface area contributed by atoms with E-state index in [2.05, 4.69) is 0 Å². The van der Waals surface area contributed by atoms with E-state index in [1.807, 2.05) is 34.6 Å². The van der Waals surface area contributed by atoms with Gasteiger partial charge in [0.1, 0.15) is 11.3 Å². The lowest BCUT2D eigenvalue weighted by molar-refractivity contribution is -0.136. The molecule has 1 aromatic carbocycles. The molecule has 1 saturated heterocycles. The van der Waals surface area contributed by atoms with Gasteiger partial charge in [-0.1, -0.05) is 6.92 Å². The molecule has 0 aliphatic carbocycles. The van der Waals surface area contributed by atoms with Crippen LogP contribution in [0.15, 0.2) is 22.6 Å². The van der Waals surface area contributed by atoms with E-state index in [4.69, 9.17) is 13.7 Å². The molecule has 1 aliphatic rings. The van der Waals surface area contributed by atoms with E-state index in [0.717, 1.165) is 6.07 Å². The smallest absolute Gasteiger partial charge is 0.461 e. The van der Waals surface area contributed by atoms with Crippen molar-refractivity contribution in [3.05, 3.63) is 29.5 Å². The quantitative estimate of drug-likeness (QED) is 0.764. The summed E-state index contributed by atoms with van der Waals surface area (Å²) >= 11 is 0. The Morgan fingerprint density at radius 3 is 2.08 bits per heavy atom. The Kier molecular flexibility index (Phi) is 3.81. The summed E-state index contributed by atoms with van der Waals surface area (Å²) < 4.78 is 57.7. The van der Waals surface area contributed by atoms with Crippen LogP contribution in [0.1, 0.15) is 45.9 Å². The summed E-state index contributed by atoms with van der Waals surface area (Å²) in [5, 5.41) is 0.0691. The standard InChI is InChI=1S/C17H20BF3O3/c1-6-11-9-12-13(17(19,20)21)7-10(8-14(12)22-11)18-23-15(2,3)16(4,5)24-18/h7-9H,6H2,1-5H3. The SMILES string of the molecule is CCc1cc2c(C(F)(F)F)cc(B3OC(C)(C)C(C)(C)O3)cc2o1. The zero-order valence-electron chi connectivity index (χ0n) is 14.4. The minimum absolute atomic E-state index is 0.0691. The van der Waals surface area contributed by atoms with Gasteiger partial charge in [-0.3, -0.25) is 0 Å². The molecular weight excluding hydrogens is 320 g/mol. The molecule has 0 atom stereocenters. The fourth-order valence-electron chi connectivity index (χ4n) is 2.74. The molecule has 1 fully saturated rings. The van der Waals surface area contributed by atoms with E-state index in [1.54, 1.807) is 6.07 Å². The molecule has 0 unspecified atom stereocenters. The fourth-order valence-corrected chi connectivity index (χ4v) is 2.74. The summed E-state index contributed by atoms with van der Waals surface area (Å²) in [4.78, 5) is 0. The van der Waals surface area contributed by atoms with Crippen molar-refractivity contribution in [2.24, 2.45) is 0 Å². The molecule has 0 spiro atoms. The average molecular weight is 340 g/mol. The Morgan fingerprint density at radius 2 is 1.58 bits per heavy atom. The summed E-state index contributed by atoms with van der Waals surface area (Å²) in [5.41, 5.74) is -1.46. The van der Waals surface area contributed by atoms with Crippen LogP contribution in [0.4, 0.5) is 13.2 Å². The number of halogens is 3. The lowest BCUT2D eigenvalue weighted by Gasteiger charge is -2.32. The molecule has 3 rings (SSSR count). The highest BCUT2D eigenvalue weighted by Gasteiger charge is 2.52. The van der Waals surface area contributed by atoms with Crippen LogP contribution in [0.5, 0.6) is 0 Å². The molecule has 130 valence electrons. The summed E-state index contributed by atoms with van der Waals surface area (Å²) in [5.74, 6) is 0.515. The first-order valence-electron chi connectivity index (χ1n) is 7.94. The lowest BCUT2D eigenvalue weighted by Crippen LogP contribution is -2.41. The van der Waals surface area contributed by atoms with Gasteiger partial charge >= 0.3 is 13.3 Å². The van der Waals surface area contributed by atoms with E-state index in [9.17, 15) is 13.2 Å². The maximum Gasteiger partial charge on any atom is 0.494 e. The fraction of sp³-hybridized carbons (Fsp3) is 0.529. The Bertz CT molecular complexity index is 761. The summed E-state index contributed by atoms with van der Waals surface area (Å²) in [6.45, 7) is 9.27. The Hall–Kier alpha value is -1.47. The van der Waals surface area contributed by atoms with Crippen LogP contribution >= 0.6 is 0 Å². The molecule has 24 heavy (non-hydrogen) atoms. The number of rotatable bonds is 2. The highest BCUT2D eigenvalue weighted by molar-refractivity contribution is 6.62. The van der Waals surface area contributed by atoms with Crippen molar-refractivity contribution in [3.8, 4) is 0 Å². The van der Waals surface area contributed by atoms with E-state index in [-0.39, 0.29) is 11.0 Å². The maximum atomic E-state index is 13.5. The van der Waals surface area contributed by atoms with Gasteiger partial charge in [0.05, 0.1) is 16.8 Å². The summed E-state index contributed by atoms with van der Waals surface area (Å²) in [6, 6.07) is 4.12. The molecule has 0 saturated carbocycles. The molecule has 2 heterocycles. The predicted octanol–water partition coefficient (Wildman–Crippen LogP) is 4.31. The number of hydrogen-bond donors (Lipinski definition) is 0. The van der Waals surface area contributed by atoms with E-state index in [0.29, 0.717) is 17.6 Å². The van der Waals surface area contributed by atoms with Crippen molar-refractivity contribution in [3.63, 3.8) is 0 Å². The number of alkyl halides is 3. The van der Waals surface area contributed by atoms with Gasteiger partial charge in [-0.25, -0.2) is 0 Å². The third kappa shape index (κ3) is 2.73. The van der Waals surface area contributed by atoms with Crippen molar-refractivity contribution in [1.82, 2.24) is 0 Å². The van der Waals surface area contributed by atoms with E-state index >= 15 is 0 Å². The minimum Gasteiger partial charge on any atom is -0.461 e. The van der Waals surface area contributed by atoms with E-state index < -0.39 is 30.1 Å². The highest BCUT2D eigenvalue weighted by atomic mass is 19.4. The second-order valence-corrected chi connectivity index (χ2v) is 7.13.